The van der Waals surface area contributed by atoms with Crippen molar-refractivity contribution in [3.05, 3.63) is 29.8 Å². The van der Waals surface area contributed by atoms with Gasteiger partial charge in [-0.25, -0.2) is 0 Å². The molecule has 1 amide bonds. The fourth-order valence-corrected chi connectivity index (χ4v) is 2.69. The van der Waals surface area contributed by atoms with Crippen LogP contribution in [0.5, 0.6) is 5.75 Å². The van der Waals surface area contributed by atoms with Crippen LogP contribution in [0.4, 0.5) is 0 Å². The van der Waals surface area contributed by atoms with Crippen molar-refractivity contribution in [2.75, 3.05) is 26.3 Å². The Hall–Kier alpha value is -2.06. The molecule has 2 heterocycles. The number of hydrogen-bond donors (Lipinski definition) is 0. The zero-order chi connectivity index (χ0) is 14.7. The maximum atomic E-state index is 12.2. The number of rotatable bonds is 3. The predicted octanol–water partition coefficient (Wildman–Crippen LogP) is 1.57. The monoisotopic (exact) mass is 286 g/mol. The van der Waals surface area contributed by atoms with Gasteiger partial charge in [0.1, 0.15) is 11.9 Å². The smallest absolute Gasteiger partial charge is 0.228 e. The van der Waals surface area contributed by atoms with Crippen molar-refractivity contribution in [2.24, 2.45) is 5.92 Å². The lowest BCUT2D eigenvalue weighted by atomic mass is 9.98. The molecule has 1 aromatic carbocycles. The minimum absolute atomic E-state index is 0.0228. The number of likely N-dealkylation sites (tertiary alicyclic amines) is 1. The Morgan fingerprint density at radius 2 is 2.10 bits per heavy atom. The summed E-state index contributed by atoms with van der Waals surface area (Å²) in [7, 11) is 0. The van der Waals surface area contributed by atoms with Crippen molar-refractivity contribution >= 4 is 5.91 Å². The normalized spacial score (nSPS) is 22.2. The Bertz CT molecular complexity index is 538. The van der Waals surface area contributed by atoms with E-state index in [-0.39, 0.29) is 17.9 Å². The van der Waals surface area contributed by atoms with E-state index in [2.05, 4.69) is 6.07 Å². The maximum absolute atomic E-state index is 12.2. The molecule has 21 heavy (non-hydrogen) atoms. The molecule has 5 nitrogen and oxygen atoms in total. The first-order valence-corrected chi connectivity index (χ1v) is 7.29. The maximum Gasteiger partial charge on any atom is 0.228 e. The van der Waals surface area contributed by atoms with E-state index in [9.17, 15) is 4.79 Å². The molecule has 0 radical (unpaired) electrons. The summed E-state index contributed by atoms with van der Waals surface area (Å²) in [6.07, 6.45) is 1.94. The van der Waals surface area contributed by atoms with Gasteiger partial charge in [-0.1, -0.05) is 0 Å². The van der Waals surface area contributed by atoms with Gasteiger partial charge in [-0.3, -0.25) is 4.79 Å². The standard InChI is InChI=1S/C16H18N2O3/c17-8-12-3-5-14(6-4-12)21-15-9-18(10-15)16(19)13-2-1-7-20-11-13/h3-6,13,15H,1-2,7,9-11H2/t13-/m0/s1. The van der Waals surface area contributed by atoms with Crippen molar-refractivity contribution in [3.63, 3.8) is 0 Å². The van der Waals surface area contributed by atoms with Gasteiger partial charge in [-0.05, 0) is 37.1 Å². The van der Waals surface area contributed by atoms with Crippen LogP contribution in [-0.4, -0.2) is 43.2 Å². The van der Waals surface area contributed by atoms with E-state index in [1.54, 1.807) is 24.3 Å². The number of hydrogen-bond acceptors (Lipinski definition) is 4. The fourth-order valence-electron chi connectivity index (χ4n) is 2.69. The highest BCUT2D eigenvalue weighted by Gasteiger charge is 2.36. The van der Waals surface area contributed by atoms with Gasteiger partial charge in [0.2, 0.25) is 5.91 Å². The molecular formula is C16H18N2O3. The number of carbonyl (C=O) groups is 1. The van der Waals surface area contributed by atoms with Gasteiger partial charge in [0, 0.05) is 6.61 Å². The molecule has 0 aromatic heterocycles. The molecule has 0 aliphatic carbocycles. The number of nitrogens with zero attached hydrogens (tertiary/aromatic N) is 2. The van der Waals surface area contributed by atoms with E-state index in [1.807, 2.05) is 4.90 Å². The summed E-state index contributed by atoms with van der Waals surface area (Å²) in [4.78, 5) is 14.1. The van der Waals surface area contributed by atoms with Crippen molar-refractivity contribution in [1.29, 1.82) is 5.26 Å². The molecule has 5 heteroatoms. The molecule has 2 fully saturated rings. The topological polar surface area (TPSA) is 62.6 Å². The molecule has 1 aromatic rings. The van der Waals surface area contributed by atoms with Crippen LogP contribution in [0.3, 0.4) is 0 Å². The number of amides is 1. The molecule has 0 bridgehead atoms. The highest BCUT2D eigenvalue weighted by Crippen LogP contribution is 2.23. The zero-order valence-corrected chi connectivity index (χ0v) is 11.8. The summed E-state index contributed by atoms with van der Waals surface area (Å²) >= 11 is 0. The van der Waals surface area contributed by atoms with Crippen LogP contribution in [0.1, 0.15) is 18.4 Å². The third-order valence-electron chi connectivity index (χ3n) is 3.96. The number of carbonyl (C=O) groups excluding carboxylic acids is 1. The largest absolute Gasteiger partial charge is 0.487 e. The summed E-state index contributed by atoms with van der Waals surface area (Å²) in [5, 5.41) is 8.74. The highest BCUT2D eigenvalue weighted by molar-refractivity contribution is 5.80. The molecule has 0 saturated carbocycles. The molecule has 2 saturated heterocycles. The Morgan fingerprint density at radius 1 is 1.33 bits per heavy atom. The SMILES string of the molecule is N#Cc1ccc(OC2CN(C(=O)[C@H]3CCCOC3)C2)cc1. The number of benzene rings is 1. The van der Waals surface area contributed by atoms with E-state index in [4.69, 9.17) is 14.7 Å². The average molecular weight is 286 g/mol. The predicted molar refractivity (Wildman–Crippen MR) is 75.7 cm³/mol. The first kappa shape index (κ1) is 13.9. The lowest BCUT2D eigenvalue weighted by Gasteiger charge is -2.41. The van der Waals surface area contributed by atoms with E-state index in [0.29, 0.717) is 25.3 Å². The van der Waals surface area contributed by atoms with Gasteiger partial charge in [0.05, 0.1) is 37.2 Å². The molecule has 0 unspecified atom stereocenters. The van der Waals surface area contributed by atoms with E-state index in [1.165, 1.54) is 0 Å². The third-order valence-corrected chi connectivity index (χ3v) is 3.96. The van der Waals surface area contributed by atoms with Crippen LogP contribution in [-0.2, 0) is 9.53 Å². The minimum Gasteiger partial charge on any atom is -0.487 e. The van der Waals surface area contributed by atoms with E-state index < -0.39 is 0 Å². The zero-order valence-electron chi connectivity index (χ0n) is 11.8. The molecule has 2 aliphatic rings. The third kappa shape index (κ3) is 3.17. The van der Waals surface area contributed by atoms with Gasteiger partial charge >= 0.3 is 0 Å². The van der Waals surface area contributed by atoms with Crippen molar-refractivity contribution in [3.8, 4) is 11.8 Å². The summed E-state index contributed by atoms with van der Waals surface area (Å²) in [5.41, 5.74) is 0.616. The van der Waals surface area contributed by atoms with E-state index >= 15 is 0 Å². The fraction of sp³-hybridized carbons (Fsp3) is 0.500. The van der Waals surface area contributed by atoms with Gasteiger partial charge < -0.3 is 14.4 Å². The van der Waals surface area contributed by atoms with Crippen molar-refractivity contribution in [2.45, 2.75) is 18.9 Å². The Kier molecular flexibility index (Phi) is 4.07. The van der Waals surface area contributed by atoms with Crippen LogP contribution >= 0.6 is 0 Å². The van der Waals surface area contributed by atoms with Gasteiger partial charge in [-0.15, -0.1) is 0 Å². The van der Waals surface area contributed by atoms with E-state index in [0.717, 1.165) is 25.2 Å². The van der Waals surface area contributed by atoms with Crippen molar-refractivity contribution < 1.29 is 14.3 Å². The molecule has 2 aliphatic heterocycles. The molecule has 110 valence electrons. The quantitative estimate of drug-likeness (QED) is 0.846. The van der Waals surface area contributed by atoms with Crippen LogP contribution in [0.2, 0.25) is 0 Å². The summed E-state index contributed by atoms with van der Waals surface area (Å²) < 4.78 is 11.1. The highest BCUT2D eigenvalue weighted by atomic mass is 16.5. The Balaban J connectivity index is 1.46. The molecular weight excluding hydrogens is 268 g/mol. The minimum atomic E-state index is 0.0228. The average Bonchev–Trinajstić information content (AvgIpc) is 2.51. The summed E-state index contributed by atoms with van der Waals surface area (Å²) in [5.74, 6) is 0.955. The first-order valence-electron chi connectivity index (χ1n) is 7.29. The second kappa shape index (κ2) is 6.15. The molecule has 0 spiro atoms. The van der Waals surface area contributed by atoms with Crippen LogP contribution in [0.15, 0.2) is 24.3 Å². The second-order valence-corrected chi connectivity index (χ2v) is 5.53. The number of ether oxygens (including phenoxy) is 2. The lowest BCUT2D eigenvalue weighted by molar-refractivity contribution is -0.148. The Labute approximate surface area is 124 Å². The number of nitriles is 1. The van der Waals surface area contributed by atoms with Crippen molar-refractivity contribution in [1.82, 2.24) is 4.90 Å². The Morgan fingerprint density at radius 3 is 2.71 bits per heavy atom. The molecule has 1 atom stereocenters. The van der Waals surface area contributed by atoms with Gasteiger partial charge in [0.15, 0.2) is 0 Å². The summed E-state index contributed by atoms with van der Waals surface area (Å²) in [6.45, 7) is 2.59. The van der Waals surface area contributed by atoms with Crippen LogP contribution < -0.4 is 4.74 Å². The molecule has 0 N–H and O–H groups in total. The van der Waals surface area contributed by atoms with Gasteiger partial charge in [-0.2, -0.15) is 5.26 Å². The summed E-state index contributed by atoms with van der Waals surface area (Å²) in [6, 6.07) is 9.12. The first-order chi connectivity index (χ1) is 10.3. The lowest BCUT2D eigenvalue weighted by Crippen LogP contribution is -2.58. The second-order valence-electron chi connectivity index (χ2n) is 5.53. The van der Waals surface area contributed by atoms with Crippen LogP contribution in [0.25, 0.3) is 0 Å². The van der Waals surface area contributed by atoms with Crippen LogP contribution in [0, 0.1) is 17.2 Å². The molecule has 3 rings (SSSR count). The van der Waals surface area contributed by atoms with Gasteiger partial charge in [0.25, 0.3) is 0 Å².